The van der Waals surface area contributed by atoms with Crippen LogP contribution in [0.3, 0.4) is 0 Å². The minimum atomic E-state index is -0.627. The zero-order valence-corrected chi connectivity index (χ0v) is 9.20. The lowest BCUT2D eigenvalue weighted by molar-refractivity contribution is 0.174. The van der Waals surface area contributed by atoms with E-state index in [0.717, 1.165) is 11.4 Å². The second-order valence-corrected chi connectivity index (χ2v) is 3.80. The quantitative estimate of drug-likeness (QED) is 0.839. The molecule has 1 aliphatic rings. The molecule has 0 aliphatic carbocycles. The first kappa shape index (κ1) is 10.1. The minimum absolute atomic E-state index is 0.245. The van der Waals surface area contributed by atoms with E-state index in [1.807, 2.05) is 18.2 Å². The highest BCUT2D eigenvalue weighted by molar-refractivity contribution is 5.49. The van der Waals surface area contributed by atoms with Gasteiger partial charge in [-0.05, 0) is 19.1 Å². The van der Waals surface area contributed by atoms with E-state index in [-0.39, 0.29) is 6.79 Å². The van der Waals surface area contributed by atoms with E-state index >= 15 is 0 Å². The molecule has 1 aromatic carbocycles. The largest absolute Gasteiger partial charge is 0.454 e. The van der Waals surface area contributed by atoms with E-state index in [0.29, 0.717) is 11.4 Å². The fraction of sp³-hybridized carbons (Fsp3) is 0.273. The van der Waals surface area contributed by atoms with Crippen LogP contribution < -0.4 is 9.47 Å². The fourth-order valence-corrected chi connectivity index (χ4v) is 1.62. The molecule has 0 spiro atoms. The normalized spacial score (nSPS) is 14.9. The van der Waals surface area contributed by atoms with Crippen LogP contribution in [-0.2, 0) is 0 Å². The number of benzene rings is 1. The second kappa shape index (κ2) is 3.74. The lowest BCUT2D eigenvalue weighted by Crippen LogP contribution is -1.95. The Kier molecular flexibility index (Phi) is 2.22. The summed E-state index contributed by atoms with van der Waals surface area (Å²) < 4.78 is 12.1. The van der Waals surface area contributed by atoms with Crippen LogP contribution in [0, 0.1) is 0 Å². The monoisotopic (exact) mass is 233 g/mol. The fourth-order valence-electron chi connectivity index (χ4n) is 1.62. The van der Waals surface area contributed by atoms with Crippen molar-refractivity contribution in [2.24, 2.45) is 0 Å². The predicted molar refractivity (Wildman–Crippen MR) is 58.1 cm³/mol. The molecule has 1 atom stereocenters. The number of fused-ring (bicyclic) bond motifs is 1. The first-order valence-corrected chi connectivity index (χ1v) is 5.24. The topological polar surface area (TPSA) is 69.4 Å². The van der Waals surface area contributed by atoms with Gasteiger partial charge < -0.3 is 14.6 Å². The Balaban J connectivity index is 1.97. The molecule has 1 aliphatic heterocycles. The van der Waals surface area contributed by atoms with Gasteiger partial charge in [-0.15, -0.1) is 5.10 Å². The zero-order valence-electron chi connectivity index (χ0n) is 9.20. The molecule has 1 N–H and O–H groups in total. The van der Waals surface area contributed by atoms with Crippen molar-refractivity contribution in [3.63, 3.8) is 0 Å². The predicted octanol–water partition coefficient (Wildman–Crippen LogP) is 1.05. The van der Waals surface area contributed by atoms with Gasteiger partial charge in [0.15, 0.2) is 11.5 Å². The van der Waals surface area contributed by atoms with Gasteiger partial charge in [-0.2, -0.15) is 0 Å². The first-order chi connectivity index (χ1) is 8.24. The van der Waals surface area contributed by atoms with Gasteiger partial charge in [-0.1, -0.05) is 5.21 Å². The summed E-state index contributed by atoms with van der Waals surface area (Å²) in [5.74, 6) is 1.42. The maximum atomic E-state index is 9.38. The van der Waals surface area contributed by atoms with Crippen molar-refractivity contribution in [1.82, 2.24) is 15.0 Å². The Labute approximate surface area is 97.4 Å². The number of hydrogen-bond donors (Lipinski definition) is 1. The molecule has 1 unspecified atom stereocenters. The molecule has 17 heavy (non-hydrogen) atoms. The smallest absolute Gasteiger partial charge is 0.231 e. The minimum Gasteiger partial charge on any atom is -0.454 e. The number of hydrogen-bond acceptors (Lipinski definition) is 5. The molecule has 3 rings (SSSR count). The third kappa shape index (κ3) is 1.72. The van der Waals surface area contributed by atoms with Gasteiger partial charge >= 0.3 is 0 Å². The van der Waals surface area contributed by atoms with Gasteiger partial charge in [0.2, 0.25) is 6.79 Å². The Morgan fingerprint density at radius 2 is 2.18 bits per heavy atom. The van der Waals surface area contributed by atoms with Crippen LogP contribution in [0.5, 0.6) is 11.5 Å². The van der Waals surface area contributed by atoms with Crippen LogP contribution in [-0.4, -0.2) is 26.9 Å². The van der Waals surface area contributed by atoms with E-state index in [1.165, 1.54) is 0 Å². The van der Waals surface area contributed by atoms with Crippen molar-refractivity contribution in [1.29, 1.82) is 0 Å². The van der Waals surface area contributed by atoms with E-state index in [1.54, 1.807) is 17.8 Å². The van der Waals surface area contributed by atoms with Crippen LogP contribution in [0.1, 0.15) is 18.7 Å². The summed E-state index contributed by atoms with van der Waals surface area (Å²) in [5, 5.41) is 17.2. The van der Waals surface area contributed by atoms with Gasteiger partial charge in [0.05, 0.1) is 18.0 Å². The highest BCUT2D eigenvalue weighted by Gasteiger charge is 2.15. The maximum absolute atomic E-state index is 9.38. The van der Waals surface area contributed by atoms with Crippen LogP contribution in [0.2, 0.25) is 0 Å². The van der Waals surface area contributed by atoms with E-state index in [4.69, 9.17) is 9.47 Å². The summed E-state index contributed by atoms with van der Waals surface area (Å²) in [4.78, 5) is 0. The van der Waals surface area contributed by atoms with Gasteiger partial charge in [0.1, 0.15) is 5.69 Å². The van der Waals surface area contributed by atoms with Crippen molar-refractivity contribution in [3.8, 4) is 17.2 Å². The molecule has 2 heterocycles. The maximum Gasteiger partial charge on any atom is 0.231 e. The van der Waals surface area contributed by atoms with Crippen molar-refractivity contribution >= 4 is 0 Å². The standard InChI is InChI=1S/C11H11N3O3/c1-7(15)9-5-14(13-12-9)8-2-3-10-11(4-8)17-6-16-10/h2-5,7,15H,6H2,1H3. The van der Waals surface area contributed by atoms with Crippen LogP contribution >= 0.6 is 0 Å². The summed E-state index contributed by atoms with van der Waals surface area (Å²) in [6.07, 6.45) is 1.06. The summed E-state index contributed by atoms with van der Waals surface area (Å²) in [7, 11) is 0. The molecular formula is C11H11N3O3. The SMILES string of the molecule is CC(O)c1cn(-c2ccc3c(c2)OCO3)nn1. The Hall–Kier alpha value is -2.08. The molecule has 0 bridgehead atoms. The molecule has 0 fully saturated rings. The number of aliphatic hydroxyl groups is 1. The zero-order chi connectivity index (χ0) is 11.8. The molecule has 0 saturated carbocycles. The Morgan fingerprint density at radius 3 is 2.94 bits per heavy atom. The van der Waals surface area contributed by atoms with Crippen molar-refractivity contribution < 1.29 is 14.6 Å². The summed E-state index contributed by atoms with van der Waals surface area (Å²) in [5.41, 5.74) is 1.34. The highest BCUT2D eigenvalue weighted by atomic mass is 16.7. The first-order valence-electron chi connectivity index (χ1n) is 5.24. The number of rotatable bonds is 2. The van der Waals surface area contributed by atoms with E-state index < -0.39 is 6.10 Å². The molecule has 6 nitrogen and oxygen atoms in total. The molecule has 2 aromatic rings. The van der Waals surface area contributed by atoms with Gasteiger partial charge in [0.25, 0.3) is 0 Å². The van der Waals surface area contributed by atoms with Gasteiger partial charge in [-0.3, -0.25) is 0 Å². The molecule has 6 heteroatoms. The summed E-state index contributed by atoms with van der Waals surface area (Å²) in [6.45, 7) is 1.89. The van der Waals surface area contributed by atoms with Crippen molar-refractivity contribution in [2.45, 2.75) is 13.0 Å². The average molecular weight is 233 g/mol. The molecule has 0 radical (unpaired) electrons. The molecule has 0 saturated heterocycles. The number of ether oxygens (including phenoxy) is 2. The third-order valence-corrected chi connectivity index (χ3v) is 2.56. The molecule has 88 valence electrons. The Morgan fingerprint density at radius 1 is 1.35 bits per heavy atom. The van der Waals surface area contributed by atoms with Crippen LogP contribution in [0.15, 0.2) is 24.4 Å². The number of nitrogens with zero attached hydrogens (tertiary/aromatic N) is 3. The van der Waals surface area contributed by atoms with Crippen molar-refractivity contribution in [2.75, 3.05) is 6.79 Å². The van der Waals surface area contributed by atoms with E-state index in [2.05, 4.69) is 10.3 Å². The van der Waals surface area contributed by atoms with Gasteiger partial charge in [0, 0.05) is 6.07 Å². The number of aromatic nitrogens is 3. The summed E-state index contributed by atoms with van der Waals surface area (Å²) >= 11 is 0. The summed E-state index contributed by atoms with van der Waals surface area (Å²) in [6, 6.07) is 5.50. The highest BCUT2D eigenvalue weighted by Crippen LogP contribution is 2.33. The second-order valence-electron chi connectivity index (χ2n) is 3.80. The van der Waals surface area contributed by atoms with Crippen LogP contribution in [0.4, 0.5) is 0 Å². The van der Waals surface area contributed by atoms with Crippen LogP contribution in [0.25, 0.3) is 5.69 Å². The average Bonchev–Trinajstić information content (AvgIpc) is 2.97. The lowest BCUT2D eigenvalue weighted by atomic mass is 10.2. The molecule has 0 amide bonds. The lowest BCUT2D eigenvalue weighted by Gasteiger charge is -2.01. The van der Waals surface area contributed by atoms with Gasteiger partial charge in [-0.25, -0.2) is 4.68 Å². The van der Waals surface area contributed by atoms with E-state index in [9.17, 15) is 5.11 Å². The third-order valence-electron chi connectivity index (χ3n) is 2.56. The Bertz CT molecular complexity index is 551. The van der Waals surface area contributed by atoms with Crippen molar-refractivity contribution in [3.05, 3.63) is 30.1 Å². The number of aliphatic hydroxyl groups excluding tert-OH is 1. The molecular weight excluding hydrogens is 222 g/mol. The molecule has 1 aromatic heterocycles.